The minimum absolute atomic E-state index is 0.152. The SMILES string of the molecule is CCCN(C)C(=O)N(C)c1c(N)nc(SCC)nc1N(C=O)Cc1ccc(Br)cc1. The third-order valence-corrected chi connectivity index (χ3v) is 5.58. The first-order valence-electron chi connectivity index (χ1n) is 9.57. The van der Waals surface area contributed by atoms with Crippen molar-refractivity contribution in [1.82, 2.24) is 14.9 Å². The van der Waals surface area contributed by atoms with Crippen molar-refractivity contribution in [2.24, 2.45) is 0 Å². The number of hydrogen-bond donors (Lipinski definition) is 1. The predicted octanol–water partition coefficient (Wildman–Crippen LogP) is 3.99. The highest BCUT2D eigenvalue weighted by molar-refractivity contribution is 9.10. The average Bonchev–Trinajstić information content (AvgIpc) is 2.72. The van der Waals surface area contributed by atoms with Crippen LogP contribution in [0.5, 0.6) is 0 Å². The number of halogens is 1. The van der Waals surface area contributed by atoms with Crippen LogP contribution in [0.2, 0.25) is 0 Å². The molecule has 0 unspecified atom stereocenters. The lowest BCUT2D eigenvalue weighted by Gasteiger charge is -2.29. The molecular formula is C20H27BrN6O2S. The molecule has 1 aromatic heterocycles. The highest BCUT2D eigenvalue weighted by Gasteiger charge is 2.26. The van der Waals surface area contributed by atoms with Crippen molar-refractivity contribution in [1.29, 1.82) is 0 Å². The number of hydrogen-bond acceptors (Lipinski definition) is 6. The quantitative estimate of drug-likeness (QED) is 0.321. The summed E-state index contributed by atoms with van der Waals surface area (Å²) >= 11 is 4.83. The van der Waals surface area contributed by atoms with Gasteiger partial charge >= 0.3 is 6.03 Å². The fraction of sp³-hybridized carbons (Fsp3) is 0.400. The summed E-state index contributed by atoms with van der Waals surface area (Å²) < 4.78 is 0.946. The summed E-state index contributed by atoms with van der Waals surface area (Å²) in [6.45, 7) is 4.85. The fourth-order valence-corrected chi connectivity index (χ4v) is 3.72. The van der Waals surface area contributed by atoms with Gasteiger partial charge in [-0.3, -0.25) is 14.6 Å². The van der Waals surface area contributed by atoms with Gasteiger partial charge in [0.15, 0.2) is 16.8 Å². The largest absolute Gasteiger partial charge is 0.382 e. The standard InChI is InChI=1S/C20H27BrN6O2S/c1-5-11-25(3)20(29)26(4)16-17(22)23-19(30-6-2)24-18(16)27(13-28)12-14-7-9-15(21)10-8-14/h7-10,13H,5-6,11-12H2,1-4H3,(H2,22,23,24). The minimum Gasteiger partial charge on any atom is -0.382 e. The van der Waals surface area contributed by atoms with Gasteiger partial charge in [0.25, 0.3) is 0 Å². The minimum atomic E-state index is -0.251. The number of benzene rings is 1. The number of thioether (sulfide) groups is 1. The van der Waals surface area contributed by atoms with Crippen molar-refractivity contribution >= 4 is 57.5 Å². The van der Waals surface area contributed by atoms with E-state index >= 15 is 0 Å². The van der Waals surface area contributed by atoms with Gasteiger partial charge in [-0.25, -0.2) is 14.8 Å². The molecule has 2 N–H and O–H groups in total. The Morgan fingerprint density at radius 1 is 1.20 bits per heavy atom. The Balaban J connectivity index is 2.51. The van der Waals surface area contributed by atoms with Crippen LogP contribution in [0.15, 0.2) is 33.9 Å². The maximum absolute atomic E-state index is 12.9. The molecule has 0 fully saturated rings. The number of anilines is 3. The van der Waals surface area contributed by atoms with Crippen molar-refractivity contribution in [3.63, 3.8) is 0 Å². The highest BCUT2D eigenvalue weighted by Crippen LogP contribution is 2.34. The van der Waals surface area contributed by atoms with Crippen LogP contribution in [0, 0.1) is 0 Å². The zero-order chi connectivity index (χ0) is 22.3. The maximum Gasteiger partial charge on any atom is 0.324 e. The van der Waals surface area contributed by atoms with Gasteiger partial charge in [-0.15, -0.1) is 0 Å². The second-order valence-electron chi connectivity index (χ2n) is 6.62. The van der Waals surface area contributed by atoms with E-state index in [-0.39, 0.29) is 18.4 Å². The molecule has 0 aliphatic rings. The van der Waals surface area contributed by atoms with Gasteiger partial charge in [0.1, 0.15) is 5.69 Å². The Morgan fingerprint density at radius 2 is 1.87 bits per heavy atom. The molecule has 0 radical (unpaired) electrons. The molecule has 0 spiro atoms. The number of nitrogens with zero attached hydrogens (tertiary/aromatic N) is 5. The summed E-state index contributed by atoms with van der Waals surface area (Å²) in [5, 5.41) is 0.458. The van der Waals surface area contributed by atoms with Gasteiger partial charge in [0.2, 0.25) is 6.41 Å². The Morgan fingerprint density at radius 3 is 2.43 bits per heavy atom. The van der Waals surface area contributed by atoms with Crippen molar-refractivity contribution in [2.75, 3.05) is 41.9 Å². The molecule has 0 atom stereocenters. The molecule has 0 aliphatic heterocycles. The van der Waals surface area contributed by atoms with E-state index in [0.717, 1.165) is 22.2 Å². The van der Waals surface area contributed by atoms with Crippen LogP contribution < -0.4 is 15.5 Å². The monoisotopic (exact) mass is 494 g/mol. The maximum atomic E-state index is 12.9. The normalized spacial score (nSPS) is 10.6. The van der Waals surface area contributed by atoms with Gasteiger partial charge in [0.05, 0.1) is 6.54 Å². The lowest BCUT2D eigenvalue weighted by molar-refractivity contribution is -0.107. The summed E-state index contributed by atoms with van der Waals surface area (Å²) in [5.74, 6) is 1.21. The zero-order valence-electron chi connectivity index (χ0n) is 17.6. The molecule has 30 heavy (non-hydrogen) atoms. The van der Waals surface area contributed by atoms with Crippen molar-refractivity contribution in [3.8, 4) is 0 Å². The van der Waals surface area contributed by atoms with E-state index in [4.69, 9.17) is 5.73 Å². The summed E-state index contributed by atoms with van der Waals surface area (Å²) in [6.07, 6.45) is 1.52. The van der Waals surface area contributed by atoms with E-state index < -0.39 is 0 Å². The molecule has 0 aliphatic carbocycles. The molecule has 162 valence electrons. The molecular weight excluding hydrogens is 468 g/mol. The first kappa shape index (κ1) is 23.9. The Kier molecular flexibility index (Phi) is 8.91. The first-order valence-corrected chi connectivity index (χ1v) is 11.4. The predicted molar refractivity (Wildman–Crippen MR) is 126 cm³/mol. The van der Waals surface area contributed by atoms with Crippen LogP contribution in [0.4, 0.5) is 22.1 Å². The molecule has 1 heterocycles. The number of nitrogen functional groups attached to an aromatic ring is 1. The number of carbonyl (C=O) groups excluding carboxylic acids is 2. The third kappa shape index (κ3) is 5.85. The third-order valence-electron chi connectivity index (χ3n) is 4.32. The number of amides is 3. The lowest BCUT2D eigenvalue weighted by atomic mass is 10.2. The number of nitrogens with two attached hydrogens (primary N) is 1. The number of carbonyl (C=O) groups is 2. The van der Waals surface area contributed by atoms with Crippen LogP contribution in [0.1, 0.15) is 25.8 Å². The van der Waals surface area contributed by atoms with Crippen LogP contribution in [0.25, 0.3) is 0 Å². The van der Waals surface area contributed by atoms with E-state index in [0.29, 0.717) is 29.6 Å². The molecule has 1 aromatic carbocycles. The van der Waals surface area contributed by atoms with E-state index in [9.17, 15) is 9.59 Å². The van der Waals surface area contributed by atoms with Crippen LogP contribution in [-0.4, -0.2) is 53.7 Å². The van der Waals surface area contributed by atoms with Crippen molar-refractivity contribution < 1.29 is 9.59 Å². The lowest BCUT2D eigenvalue weighted by Crippen LogP contribution is -2.40. The van der Waals surface area contributed by atoms with Crippen molar-refractivity contribution in [2.45, 2.75) is 32.0 Å². The molecule has 3 amide bonds. The Bertz CT molecular complexity index is 880. The van der Waals surface area contributed by atoms with Gasteiger partial charge in [-0.05, 0) is 29.9 Å². The smallest absolute Gasteiger partial charge is 0.324 e. The molecule has 0 saturated carbocycles. The number of aromatic nitrogens is 2. The molecule has 2 aromatic rings. The molecule has 10 heteroatoms. The van der Waals surface area contributed by atoms with Crippen LogP contribution in [0.3, 0.4) is 0 Å². The zero-order valence-corrected chi connectivity index (χ0v) is 20.0. The summed E-state index contributed by atoms with van der Waals surface area (Å²) in [4.78, 5) is 38.3. The van der Waals surface area contributed by atoms with E-state index in [1.54, 1.807) is 19.0 Å². The molecule has 0 saturated heterocycles. The Labute approximate surface area is 190 Å². The summed E-state index contributed by atoms with van der Waals surface area (Å²) in [5.41, 5.74) is 7.47. The fourth-order valence-electron chi connectivity index (χ4n) is 2.89. The first-order chi connectivity index (χ1) is 14.3. The highest BCUT2D eigenvalue weighted by atomic mass is 79.9. The van der Waals surface area contributed by atoms with Crippen LogP contribution >= 0.6 is 27.7 Å². The molecule has 2 rings (SSSR count). The van der Waals surface area contributed by atoms with E-state index in [1.165, 1.54) is 21.6 Å². The van der Waals surface area contributed by atoms with Crippen LogP contribution in [-0.2, 0) is 11.3 Å². The van der Waals surface area contributed by atoms with Gasteiger partial charge in [-0.1, -0.05) is 53.7 Å². The second-order valence-corrected chi connectivity index (χ2v) is 8.77. The second kappa shape index (κ2) is 11.2. The van der Waals surface area contributed by atoms with E-state index in [2.05, 4.69) is 25.9 Å². The van der Waals surface area contributed by atoms with Gasteiger partial charge in [-0.2, -0.15) is 0 Å². The number of rotatable bonds is 9. The molecule has 0 bridgehead atoms. The summed E-state index contributed by atoms with van der Waals surface area (Å²) in [7, 11) is 3.34. The Hall–Kier alpha value is -2.33. The number of urea groups is 1. The molecule has 8 nitrogen and oxygen atoms in total. The van der Waals surface area contributed by atoms with E-state index in [1.807, 2.05) is 38.1 Å². The summed E-state index contributed by atoms with van der Waals surface area (Å²) in [6, 6.07) is 7.38. The van der Waals surface area contributed by atoms with Crippen molar-refractivity contribution in [3.05, 3.63) is 34.3 Å². The van der Waals surface area contributed by atoms with Gasteiger partial charge < -0.3 is 10.6 Å². The average molecular weight is 495 g/mol. The topological polar surface area (TPSA) is 95.7 Å². The van der Waals surface area contributed by atoms with Gasteiger partial charge in [0, 0.05) is 25.1 Å².